The lowest BCUT2D eigenvalue weighted by Crippen LogP contribution is -2.01. The monoisotopic (exact) mass is 190 g/mol. The zero-order valence-corrected chi connectivity index (χ0v) is 7.52. The number of nitrogens with one attached hydrogen (secondary N) is 1. The fraction of sp³-hybridized carbons (Fsp3) is 0.667. The highest BCUT2D eigenvalue weighted by Crippen LogP contribution is 1.96. The molecule has 0 fully saturated rings. The van der Waals surface area contributed by atoms with E-state index in [1.807, 2.05) is 0 Å². The quantitative estimate of drug-likeness (QED) is 0.552. The number of hydrogen-bond acceptors (Lipinski definition) is 5. The smallest absolute Gasteiger partial charge is 0.284 e. The summed E-state index contributed by atoms with van der Waals surface area (Å²) < 4.78 is 14.9. The molecule has 12 heavy (non-hydrogen) atoms. The van der Waals surface area contributed by atoms with E-state index in [0.717, 1.165) is 0 Å². The van der Waals surface area contributed by atoms with Crippen LogP contribution in [0.3, 0.4) is 0 Å². The normalized spacial score (nSPS) is 10.4. The van der Waals surface area contributed by atoms with Crippen LogP contribution in [0.5, 0.6) is 0 Å². The summed E-state index contributed by atoms with van der Waals surface area (Å²) in [5.74, 6) is 0.455. The van der Waals surface area contributed by atoms with Crippen LogP contribution in [0.2, 0.25) is 0 Å². The number of H-pyrrole nitrogens is 1. The van der Waals surface area contributed by atoms with Crippen LogP contribution >= 0.6 is 12.2 Å². The van der Waals surface area contributed by atoms with Gasteiger partial charge in [0.25, 0.3) is 4.84 Å². The number of methoxy groups -OCH3 is 1. The van der Waals surface area contributed by atoms with Gasteiger partial charge in [-0.3, -0.25) is 0 Å². The molecule has 0 unspecified atom stereocenters. The van der Waals surface area contributed by atoms with Gasteiger partial charge in [0.15, 0.2) is 0 Å². The highest BCUT2D eigenvalue weighted by molar-refractivity contribution is 7.71. The molecule has 0 saturated carbocycles. The first-order valence-corrected chi connectivity index (χ1v) is 3.85. The van der Waals surface area contributed by atoms with E-state index in [0.29, 0.717) is 25.7 Å². The maximum atomic E-state index is 5.13. The zero-order valence-electron chi connectivity index (χ0n) is 6.70. The van der Waals surface area contributed by atoms with Gasteiger partial charge < -0.3 is 13.9 Å². The van der Waals surface area contributed by atoms with E-state index in [9.17, 15) is 0 Å². The van der Waals surface area contributed by atoms with Crippen molar-refractivity contribution in [2.75, 3.05) is 20.3 Å². The summed E-state index contributed by atoms with van der Waals surface area (Å²) in [4.78, 5) is 0.264. The van der Waals surface area contributed by atoms with E-state index in [4.69, 9.17) is 13.9 Å². The lowest BCUT2D eigenvalue weighted by atomic mass is 10.7. The Morgan fingerprint density at radius 3 is 3.00 bits per heavy atom. The van der Waals surface area contributed by atoms with Crippen LogP contribution < -0.4 is 0 Å². The first-order chi connectivity index (χ1) is 5.83. The highest BCUT2D eigenvalue weighted by atomic mass is 32.1. The number of aromatic amines is 1. The van der Waals surface area contributed by atoms with Crippen LogP contribution in [0.4, 0.5) is 0 Å². The molecule has 0 aliphatic heterocycles. The van der Waals surface area contributed by atoms with Gasteiger partial charge in [-0.25, -0.2) is 5.10 Å². The van der Waals surface area contributed by atoms with Crippen LogP contribution in [-0.4, -0.2) is 30.5 Å². The Morgan fingerprint density at radius 1 is 1.58 bits per heavy atom. The molecule has 0 spiro atoms. The third-order valence-corrected chi connectivity index (χ3v) is 1.31. The van der Waals surface area contributed by atoms with E-state index in [1.54, 1.807) is 7.11 Å². The van der Waals surface area contributed by atoms with Crippen molar-refractivity contribution in [3.05, 3.63) is 10.7 Å². The summed E-state index contributed by atoms with van der Waals surface area (Å²) >= 11 is 4.67. The van der Waals surface area contributed by atoms with Gasteiger partial charge in [-0.15, -0.1) is 5.10 Å². The number of aromatic nitrogens is 2. The number of nitrogens with zero attached hydrogens (tertiary/aromatic N) is 1. The van der Waals surface area contributed by atoms with Crippen molar-refractivity contribution in [3.8, 4) is 0 Å². The molecule has 0 aromatic carbocycles. The average Bonchev–Trinajstić information content (AvgIpc) is 2.45. The van der Waals surface area contributed by atoms with Crippen molar-refractivity contribution >= 4 is 12.2 Å². The minimum Gasteiger partial charge on any atom is -0.412 e. The van der Waals surface area contributed by atoms with E-state index < -0.39 is 0 Å². The molecule has 0 amide bonds. The van der Waals surface area contributed by atoms with Crippen molar-refractivity contribution in [2.45, 2.75) is 6.61 Å². The van der Waals surface area contributed by atoms with E-state index in [1.165, 1.54) is 0 Å². The van der Waals surface area contributed by atoms with Gasteiger partial charge in [0.2, 0.25) is 5.89 Å². The molecule has 0 aliphatic carbocycles. The molecule has 1 heterocycles. The van der Waals surface area contributed by atoms with Crippen LogP contribution in [0.15, 0.2) is 4.42 Å². The van der Waals surface area contributed by atoms with Crippen LogP contribution in [-0.2, 0) is 16.1 Å². The second kappa shape index (κ2) is 5.02. The number of rotatable bonds is 5. The molecule has 0 aliphatic rings. The van der Waals surface area contributed by atoms with Gasteiger partial charge in [-0.05, 0) is 12.2 Å². The molecule has 5 nitrogen and oxygen atoms in total. The van der Waals surface area contributed by atoms with Crippen LogP contribution in [0.1, 0.15) is 5.89 Å². The second-order valence-electron chi connectivity index (χ2n) is 2.05. The molecule has 0 bridgehead atoms. The maximum Gasteiger partial charge on any atom is 0.284 e. The summed E-state index contributed by atoms with van der Waals surface area (Å²) in [6, 6.07) is 0. The minimum absolute atomic E-state index is 0.264. The summed E-state index contributed by atoms with van der Waals surface area (Å²) in [6.07, 6.45) is 0. The van der Waals surface area contributed by atoms with Crippen LogP contribution in [0.25, 0.3) is 0 Å². The topological polar surface area (TPSA) is 60.3 Å². The Balaban J connectivity index is 2.20. The highest BCUT2D eigenvalue weighted by Gasteiger charge is 1.97. The molecular formula is C6H10N2O3S. The van der Waals surface area contributed by atoms with Crippen LogP contribution in [0, 0.1) is 4.84 Å². The Hall–Kier alpha value is -0.720. The van der Waals surface area contributed by atoms with Crippen molar-refractivity contribution < 1.29 is 13.9 Å². The summed E-state index contributed by atoms with van der Waals surface area (Å²) in [5.41, 5.74) is 0. The third-order valence-electron chi connectivity index (χ3n) is 1.14. The molecule has 0 saturated heterocycles. The first-order valence-electron chi connectivity index (χ1n) is 3.44. The Labute approximate surface area is 74.7 Å². The molecule has 0 radical (unpaired) electrons. The fourth-order valence-corrected chi connectivity index (χ4v) is 0.766. The summed E-state index contributed by atoms with van der Waals surface area (Å²) in [7, 11) is 1.61. The molecule has 1 N–H and O–H groups in total. The van der Waals surface area contributed by atoms with E-state index in [2.05, 4.69) is 22.4 Å². The molecular weight excluding hydrogens is 180 g/mol. The molecule has 0 atom stereocenters. The Kier molecular flexibility index (Phi) is 3.92. The Morgan fingerprint density at radius 2 is 2.42 bits per heavy atom. The van der Waals surface area contributed by atoms with Crippen molar-refractivity contribution in [3.63, 3.8) is 0 Å². The lowest BCUT2D eigenvalue weighted by molar-refractivity contribution is 0.0515. The average molecular weight is 190 g/mol. The molecule has 1 aromatic rings. The SMILES string of the molecule is COCCOCc1n[nH]c(=S)o1. The van der Waals surface area contributed by atoms with Gasteiger partial charge in [0, 0.05) is 7.11 Å². The van der Waals surface area contributed by atoms with E-state index >= 15 is 0 Å². The first kappa shape index (κ1) is 9.37. The van der Waals surface area contributed by atoms with Gasteiger partial charge in [0.05, 0.1) is 13.2 Å². The minimum atomic E-state index is 0.264. The summed E-state index contributed by atoms with van der Waals surface area (Å²) in [6.45, 7) is 1.40. The second-order valence-corrected chi connectivity index (χ2v) is 2.42. The Bertz CT molecular complexity index is 270. The number of hydrogen-bond donors (Lipinski definition) is 1. The molecule has 1 rings (SSSR count). The van der Waals surface area contributed by atoms with E-state index in [-0.39, 0.29) is 4.84 Å². The fourth-order valence-electron chi connectivity index (χ4n) is 0.624. The van der Waals surface area contributed by atoms with Gasteiger partial charge in [-0.1, -0.05) is 0 Å². The predicted octanol–water partition coefficient (Wildman–Crippen LogP) is 0.895. The molecule has 1 aromatic heterocycles. The molecule has 68 valence electrons. The van der Waals surface area contributed by atoms with Crippen molar-refractivity contribution in [1.29, 1.82) is 0 Å². The zero-order chi connectivity index (χ0) is 8.81. The third kappa shape index (κ3) is 3.12. The van der Waals surface area contributed by atoms with Gasteiger partial charge in [-0.2, -0.15) is 0 Å². The maximum absolute atomic E-state index is 5.13. The van der Waals surface area contributed by atoms with Gasteiger partial charge >= 0.3 is 0 Å². The van der Waals surface area contributed by atoms with Gasteiger partial charge in [0.1, 0.15) is 6.61 Å². The molecule has 6 heteroatoms. The standard InChI is InChI=1S/C6H10N2O3S/c1-9-2-3-10-4-5-7-8-6(12)11-5/h2-4H2,1H3,(H,8,12). The number of ether oxygens (including phenoxy) is 2. The lowest BCUT2D eigenvalue weighted by Gasteiger charge is -1.98. The summed E-state index contributed by atoms with van der Waals surface area (Å²) in [5, 5.41) is 6.25. The van der Waals surface area contributed by atoms with Crippen molar-refractivity contribution in [1.82, 2.24) is 10.2 Å². The largest absolute Gasteiger partial charge is 0.412 e. The van der Waals surface area contributed by atoms with Crippen molar-refractivity contribution in [2.24, 2.45) is 0 Å². The predicted molar refractivity (Wildman–Crippen MR) is 43.2 cm³/mol.